The summed E-state index contributed by atoms with van der Waals surface area (Å²) < 4.78 is 25.4. The molecule has 1 aromatic rings. The van der Waals surface area contributed by atoms with E-state index in [2.05, 4.69) is 0 Å². The molecule has 2 rings (SSSR count). The zero-order valence-electron chi connectivity index (χ0n) is 9.28. The molecule has 0 radical (unpaired) electrons. The molecular formula is C10H11N2O4S2-. The highest BCUT2D eigenvalue weighted by Crippen LogP contribution is 2.29. The van der Waals surface area contributed by atoms with E-state index in [-0.39, 0.29) is 11.4 Å². The number of anilines is 1. The lowest BCUT2D eigenvalue weighted by atomic mass is 10.3. The molecular weight excluding hydrogens is 276 g/mol. The van der Waals surface area contributed by atoms with Crippen LogP contribution >= 0.6 is 11.8 Å². The van der Waals surface area contributed by atoms with Gasteiger partial charge >= 0.3 is 0 Å². The Balaban J connectivity index is 2.36. The quantitative estimate of drug-likeness (QED) is 0.721. The number of carbonyl (C=O) groups is 1. The molecule has 1 saturated heterocycles. The number of nitrogen functional groups attached to an aromatic ring is 1. The summed E-state index contributed by atoms with van der Waals surface area (Å²) >= 11 is 1.04. The topological polar surface area (TPSA) is 104 Å². The van der Waals surface area contributed by atoms with E-state index in [4.69, 9.17) is 5.73 Å². The van der Waals surface area contributed by atoms with Gasteiger partial charge in [-0.25, -0.2) is 8.42 Å². The van der Waals surface area contributed by atoms with Gasteiger partial charge in [0.25, 0.3) is 0 Å². The van der Waals surface area contributed by atoms with Crippen molar-refractivity contribution in [2.75, 3.05) is 18.0 Å². The lowest BCUT2D eigenvalue weighted by Gasteiger charge is -2.23. The van der Waals surface area contributed by atoms with Crippen LogP contribution in [-0.4, -0.2) is 36.4 Å². The minimum absolute atomic E-state index is 0.0328. The first-order chi connectivity index (χ1) is 8.43. The highest BCUT2D eigenvalue weighted by atomic mass is 32.2. The second-order valence-corrected chi connectivity index (χ2v) is 6.81. The van der Waals surface area contributed by atoms with E-state index in [9.17, 15) is 18.3 Å². The number of hydrogen-bond acceptors (Lipinski definition) is 6. The molecule has 0 aromatic heterocycles. The van der Waals surface area contributed by atoms with Crippen molar-refractivity contribution in [3.8, 4) is 0 Å². The summed E-state index contributed by atoms with van der Waals surface area (Å²) in [6.07, 6.45) is 0. The zero-order valence-corrected chi connectivity index (χ0v) is 10.9. The molecule has 98 valence electrons. The Morgan fingerprint density at radius 3 is 2.56 bits per heavy atom. The van der Waals surface area contributed by atoms with Crippen LogP contribution in [0.4, 0.5) is 5.69 Å². The maximum Gasteiger partial charge on any atom is 0.244 e. The first-order valence-electron chi connectivity index (χ1n) is 5.13. The van der Waals surface area contributed by atoms with Gasteiger partial charge in [0.2, 0.25) is 10.0 Å². The molecule has 1 heterocycles. The molecule has 0 aliphatic carbocycles. The minimum atomic E-state index is -3.81. The monoisotopic (exact) mass is 287 g/mol. The van der Waals surface area contributed by atoms with Gasteiger partial charge in [-0.3, -0.25) is 0 Å². The number of sulfonamides is 1. The van der Waals surface area contributed by atoms with Gasteiger partial charge in [-0.2, -0.15) is 4.31 Å². The number of rotatable bonds is 3. The average Bonchev–Trinajstić information content (AvgIpc) is 2.79. The number of nitrogens with zero attached hydrogens (tertiary/aromatic N) is 1. The largest absolute Gasteiger partial charge is 0.547 e. The first kappa shape index (κ1) is 13.2. The lowest BCUT2D eigenvalue weighted by molar-refractivity contribution is -0.306. The van der Waals surface area contributed by atoms with Crippen molar-refractivity contribution >= 4 is 33.4 Å². The molecule has 6 nitrogen and oxygen atoms in total. The molecule has 1 aromatic carbocycles. The van der Waals surface area contributed by atoms with Gasteiger partial charge < -0.3 is 15.6 Å². The van der Waals surface area contributed by atoms with E-state index in [1.165, 1.54) is 24.3 Å². The molecule has 0 saturated carbocycles. The van der Waals surface area contributed by atoms with E-state index in [0.29, 0.717) is 11.4 Å². The summed E-state index contributed by atoms with van der Waals surface area (Å²) in [5.41, 5.74) is 5.93. The maximum absolute atomic E-state index is 12.2. The van der Waals surface area contributed by atoms with Gasteiger partial charge in [0.1, 0.15) is 5.37 Å². The molecule has 0 spiro atoms. The SMILES string of the molecule is Nc1ccc(S(=O)(=O)N2CCS[C@@H]2C(=O)[O-])cc1. The Kier molecular flexibility index (Phi) is 3.51. The molecule has 0 bridgehead atoms. The van der Waals surface area contributed by atoms with Crippen LogP contribution in [-0.2, 0) is 14.8 Å². The number of carboxylic acid groups (broad SMARTS) is 1. The lowest BCUT2D eigenvalue weighted by Crippen LogP contribution is -2.45. The number of carboxylic acids is 1. The Bertz CT molecular complexity index is 556. The van der Waals surface area contributed by atoms with Gasteiger partial charge in [-0.1, -0.05) is 0 Å². The third kappa shape index (κ3) is 2.31. The van der Waals surface area contributed by atoms with E-state index >= 15 is 0 Å². The molecule has 1 aliphatic rings. The van der Waals surface area contributed by atoms with Gasteiger partial charge in [0.05, 0.1) is 10.9 Å². The van der Waals surface area contributed by atoms with E-state index < -0.39 is 21.4 Å². The van der Waals surface area contributed by atoms with Gasteiger partial charge in [0, 0.05) is 18.0 Å². The summed E-state index contributed by atoms with van der Waals surface area (Å²) in [6.45, 7) is 0.163. The summed E-state index contributed by atoms with van der Waals surface area (Å²) in [4.78, 5) is 10.9. The smallest absolute Gasteiger partial charge is 0.244 e. The van der Waals surface area contributed by atoms with Crippen molar-refractivity contribution in [3.05, 3.63) is 24.3 Å². The van der Waals surface area contributed by atoms with E-state index in [1.807, 2.05) is 0 Å². The summed E-state index contributed by atoms with van der Waals surface area (Å²) in [5.74, 6) is -0.955. The molecule has 0 unspecified atom stereocenters. The van der Waals surface area contributed by atoms with Crippen LogP contribution in [0.1, 0.15) is 0 Å². The highest BCUT2D eigenvalue weighted by Gasteiger charge is 2.36. The molecule has 0 amide bonds. The zero-order chi connectivity index (χ0) is 13.3. The Morgan fingerprint density at radius 1 is 1.39 bits per heavy atom. The van der Waals surface area contributed by atoms with Crippen LogP contribution in [0, 0.1) is 0 Å². The Labute approximate surface area is 109 Å². The maximum atomic E-state index is 12.2. The number of thioether (sulfide) groups is 1. The van der Waals surface area contributed by atoms with Crippen molar-refractivity contribution in [3.63, 3.8) is 0 Å². The van der Waals surface area contributed by atoms with Crippen molar-refractivity contribution in [1.82, 2.24) is 4.31 Å². The van der Waals surface area contributed by atoms with Crippen molar-refractivity contribution in [2.24, 2.45) is 0 Å². The third-order valence-corrected chi connectivity index (χ3v) is 5.73. The fourth-order valence-corrected chi connectivity index (χ4v) is 4.65. The Morgan fingerprint density at radius 2 is 2.00 bits per heavy atom. The summed E-state index contributed by atoms with van der Waals surface area (Å²) in [6, 6.07) is 5.65. The van der Waals surface area contributed by atoms with Crippen molar-refractivity contribution < 1.29 is 18.3 Å². The summed E-state index contributed by atoms with van der Waals surface area (Å²) in [7, 11) is -3.81. The minimum Gasteiger partial charge on any atom is -0.547 e. The van der Waals surface area contributed by atoms with Crippen LogP contribution in [0.2, 0.25) is 0 Å². The second-order valence-electron chi connectivity index (χ2n) is 3.73. The first-order valence-corrected chi connectivity index (χ1v) is 7.61. The van der Waals surface area contributed by atoms with Crippen LogP contribution in [0.5, 0.6) is 0 Å². The van der Waals surface area contributed by atoms with E-state index in [0.717, 1.165) is 16.1 Å². The summed E-state index contributed by atoms with van der Waals surface area (Å²) in [5, 5.41) is 9.73. The van der Waals surface area contributed by atoms with Crippen LogP contribution in [0.3, 0.4) is 0 Å². The van der Waals surface area contributed by atoms with Gasteiger partial charge in [0.15, 0.2) is 0 Å². The normalized spacial score (nSPS) is 21.0. The molecule has 1 atom stereocenters. The fourth-order valence-electron chi connectivity index (χ4n) is 1.66. The van der Waals surface area contributed by atoms with Crippen LogP contribution < -0.4 is 10.8 Å². The molecule has 18 heavy (non-hydrogen) atoms. The number of benzene rings is 1. The fraction of sp³-hybridized carbons (Fsp3) is 0.300. The number of nitrogens with two attached hydrogens (primary N) is 1. The number of hydrogen-bond donors (Lipinski definition) is 1. The number of aliphatic carboxylic acids is 1. The van der Waals surface area contributed by atoms with Crippen molar-refractivity contribution in [2.45, 2.75) is 10.3 Å². The molecule has 1 aliphatic heterocycles. The molecule has 2 N–H and O–H groups in total. The second kappa shape index (κ2) is 4.79. The predicted octanol–water partition coefficient (Wildman–Crippen LogP) is -0.918. The predicted molar refractivity (Wildman–Crippen MR) is 66.0 cm³/mol. The van der Waals surface area contributed by atoms with Gasteiger partial charge in [-0.05, 0) is 24.3 Å². The Hall–Kier alpha value is -1.25. The average molecular weight is 287 g/mol. The van der Waals surface area contributed by atoms with Gasteiger partial charge in [-0.15, -0.1) is 11.8 Å². The van der Waals surface area contributed by atoms with Crippen LogP contribution in [0.15, 0.2) is 29.2 Å². The van der Waals surface area contributed by atoms with E-state index in [1.54, 1.807) is 0 Å². The standard InChI is InChI=1S/C10H12N2O4S2/c11-7-1-3-8(4-2-7)18(15,16)12-5-6-17-9(12)10(13)14/h1-4,9H,5-6,11H2,(H,13,14)/p-1/t9-/m1/s1. The van der Waals surface area contributed by atoms with Crippen LogP contribution in [0.25, 0.3) is 0 Å². The van der Waals surface area contributed by atoms with Crippen molar-refractivity contribution in [1.29, 1.82) is 0 Å². The number of carbonyl (C=O) groups excluding carboxylic acids is 1. The highest BCUT2D eigenvalue weighted by molar-refractivity contribution is 8.02. The molecule has 1 fully saturated rings. The molecule has 8 heteroatoms. The third-order valence-electron chi connectivity index (χ3n) is 2.54.